The molecule has 0 saturated carbocycles. The quantitative estimate of drug-likeness (QED) is 0.744. The van der Waals surface area contributed by atoms with Crippen LogP contribution in [0.1, 0.15) is 38.8 Å². The highest BCUT2D eigenvalue weighted by molar-refractivity contribution is 6.62. The molecule has 18 heavy (non-hydrogen) atoms. The highest BCUT2D eigenvalue weighted by Gasteiger charge is 2.52. The predicted molar refractivity (Wildman–Crippen MR) is 77.0 cm³/mol. The van der Waals surface area contributed by atoms with Crippen LogP contribution in [0.25, 0.3) is 6.08 Å². The molecule has 1 aliphatic heterocycles. The highest BCUT2D eigenvalue weighted by atomic mass is 16.7. The van der Waals surface area contributed by atoms with Crippen molar-refractivity contribution >= 4 is 18.7 Å². The molecule has 0 aliphatic carbocycles. The number of benzene rings is 1. The molecule has 0 aromatic heterocycles. The van der Waals surface area contributed by atoms with Crippen LogP contribution in [-0.4, -0.2) is 18.3 Å². The molecular formula is C15H21BO2. The van der Waals surface area contributed by atoms with Gasteiger partial charge in [-0.05, 0) is 45.6 Å². The molecule has 1 fully saturated rings. The van der Waals surface area contributed by atoms with Crippen LogP contribution in [0.5, 0.6) is 0 Å². The topological polar surface area (TPSA) is 18.5 Å². The fraction of sp³-hybridized carbons (Fsp3) is 0.467. The van der Waals surface area contributed by atoms with Crippen molar-refractivity contribution in [1.29, 1.82) is 0 Å². The van der Waals surface area contributed by atoms with Crippen LogP contribution in [-0.2, 0) is 9.31 Å². The van der Waals surface area contributed by atoms with E-state index in [1.807, 2.05) is 6.08 Å². The summed E-state index contributed by atoms with van der Waals surface area (Å²) in [7, 11) is -0.296. The van der Waals surface area contributed by atoms with Gasteiger partial charge in [0, 0.05) is 0 Å². The molecule has 1 heterocycles. The number of aryl methyl sites for hydroxylation is 1. The van der Waals surface area contributed by atoms with Crippen molar-refractivity contribution in [1.82, 2.24) is 0 Å². The zero-order valence-electron chi connectivity index (χ0n) is 11.9. The maximum absolute atomic E-state index is 6.07. The second kappa shape index (κ2) is 4.25. The molecule has 96 valence electrons. The zero-order valence-corrected chi connectivity index (χ0v) is 11.9. The first-order valence-corrected chi connectivity index (χ1v) is 6.35. The molecule has 0 atom stereocenters. The van der Waals surface area contributed by atoms with Crippen LogP contribution < -0.4 is 5.46 Å². The third-order valence-electron chi connectivity index (χ3n) is 4.05. The number of hydrogen-bond acceptors (Lipinski definition) is 2. The first kappa shape index (κ1) is 13.4. The minimum Gasteiger partial charge on any atom is -0.399 e. The smallest absolute Gasteiger partial charge is 0.399 e. The van der Waals surface area contributed by atoms with Crippen molar-refractivity contribution in [3.8, 4) is 0 Å². The van der Waals surface area contributed by atoms with Crippen LogP contribution in [0, 0.1) is 6.92 Å². The lowest BCUT2D eigenvalue weighted by atomic mass is 9.75. The first-order valence-electron chi connectivity index (χ1n) is 6.35. The minimum atomic E-state index is -0.297. The average Bonchev–Trinajstić information content (AvgIpc) is 2.48. The Morgan fingerprint density at radius 3 is 2.17 bits per heavy atom. The van der Waals surface area contributed by atoms with Crippen molar-refractivity contribution in [2.75, 3.05) is 0 Å². The summed E-state index contributed by atoms with van der Waals surface area (Å²) in [6.45, 7) is 14.2. The maximum Gasteiger partial charge on any atom is 0.495 e. The molecule has 0 bridgehead atoms. The largest absolute Gasteiger partial charge is 0.495 e. The van der Waals surface area contributed by atoms with Crippen molar-refractivity contribution in [3.05, 3.63) is 35.9 Å². The SMILES string of the molecule is C=Cc1ccc(C)c(B2OC(C)(C)C(C)(C)O2)c1. The molecule has 0 unspecified atom stereocenters. The summed E-state index contributed by atoms with van der Waals surface area (Å²) in [4.78, 5) is 0. The van der Waals surface area contributed by atoms with Crippen molar-refractivity contribution in [2.24, 2.45) is 0 Å². The Morgan fingerprint density at radius 1 is 1.11 bits per heavy atom. The third kappa shape index (κ3) is 2.13. The molecule has 3 heteroatoms. The van der Waals surface area contributed by atoms with Gasteiger partial charge in [-0.3, -0.25) is 0 Å². The molecule has 2 nitrogen and oxygen atoms in total. The summed E-state index contributed by atoms with van der Waals surface area (Å²) in [5.41, 5.74) is 2.76. The molecule has 1 aromatic carbocycles. The van der Waals surface area contributed by atoms with Gasteiger partial charge in [-0.15, -0.1) is 0 Å². The normalized spacial score (nSPS) is 21.1. The van der Waals surface area contributed by atoms with Gasteiger partial charge >= 0.3 is 7.12 Å². The second-order valence-electron chi connectivity index (χ2n) is 5.91. The van der Waals surface area contributed by atoms with Gasteiger partial charge in [0.2, 0.25) is 0 Å². The van der Waals surface area contributed by atoms with E-state index in [2.05, 4.69) is 59.4 Å². The van der Waals surface area contributed by atoms with Crippen LogP contribution in [0.2, 0.25) is 0 Å². The second-order valence-corrected chi connectivity index (χ2v) is 5.91. The summed E-state index contributed by atoms with van der Waals surface area (Å²) in [5.74, 6) is 0. The first-order chi connectivity index (χ1) is 8.27. The van der Waals surface area contributed by atoms with E-state index in [9.17, 15) is 0 Å². The maximum atomic E-state index is 6.07. The van der Waals surface area contributed by atoms with Gasteiger partial charge in [0.1, 0.15) is 0 Å². The molecule has 2 rings (SSSR count). The third-order valence-corrected chi connectivity index (χ3v) is 4.05. The van der Waals surface area contributed by atoms with Crippen LogP contribution in [0.4, 0.5) is 0 Å². The Kier molecular flexibility index (Phi) is 3.16. The lowest BCUT2D eigenvalue weighted by Gasteiger charge is -2.32. The van der Waals surface area contributed by atoms with Crippen molar-refractivity contribution in [2.45, 2.75) is 45.8 Å². The van der Waals surface area contributed by atoms with Gasteiger partial charge in [-0.25, -0.2) is 0 Å². The predicted octanol–water partition coefficient (Wildman–Crippen LogP) is 2.94. The monoisotopic (exact) mass is 244 g/mol. The van der Waals surface area contributed by atoms with Gasteiger partial charge in [-0.2, -0.15) is 0 Å². The Labute approximate surface area is 110 Å². The van der Waals surface area contributed by atoms with E-state index >= 15 is 0 Å². The number of rotatable bonds is 2. The van der Waals surface area contributed by atoms with Crippen LogP contribution in [0.15, 0.2) is 24.8 Å². The van der Waals surface area contributed by atoms with E-state index in [1.54, 1.807) is 0 Å². The van der Waals surface area contributed by atoms with E-state index in [-0.39, 0.29) is 18.3 Å². The molecule has 0 N–H and O–H groups in total. The van der Waals surface area contributed by atoms with Gasteiger partial charge < -0.3 is 9.31 Å². The van der Waals surface area contributed by atoms with Crippen molar-refractivity contribution < 1.29 is 9.31 Å². The number of hydrogen-bond donors (Lipinski definition) is 0. The molecule has 1 aromatic rings. The van der Waals surface area contributed by atoms with E-state index in [0.717, 1.165) is 11.0 Å². The lowest BCUT2D eigenvalue weighted by Crippen LogP contribution is -2.41. The van der Waals surface area contributed by atoms with Crippen LogP contribution >= 0.6 is 0 Å². The molecular weight excluding hydrogens is 223 g/mol. The average molecular weight is 244 g/mol. The lowest BCUT2D eigenvalue weighted by molar-refractivity contribution is 0.00578. The zero-order chi connectivity index (χ0) is 13.6. The van der Waals surface area contributed by atoms with Crippen molar-refractivity contribution in [3.63, 3.8) is 0 Å². The summed E-state index contributed by atoms with van der Waals surface area (Å²) < 4.78 is 12.1. The molecule has 0 spiro atoms. The van der Waals surface area contributed by atoms with E-state index in [1.165, 1.54) is 5.56 Å². The Hall–Kier alpha value is -1.06. The van der Waals surface area contributed by atoms with E-state index in [4.69, 9.17) is 9.31 Å². The van der Waals surface area contributed by atoms with E-state index in [0.29, 0.717) is 0 Å². The van der Waals surface area contributed by atoms with Gasteiger partial charge in [-0.1, -0.05) is 36.4 Å². The fourth-order valence-corrected chi connectivity index (χ4v) is 2.01. The summed E-state index contributed by atoms with van der Waals surface area (Å²) >= 11 is 0. The molecule has 0 radical (unpaired) electrons. The molecule has 1 saturated heterocycles. The van der Waals surface area contributed by atoms with Gasteiger partial charge in [0.15, 0.2) is 0 Å². The standard InChI is InChI=1S/C15H21BO2/c1-7-12-9-8-11(2)13(10-12)16-17-14(3,4)15(5,6)18-16/h7-10H,1H2,2-6H3. The Morgan fingerprint density at radius 2 is 1.67 bits per heavy atom. The highest BCUT2D eigenvalue weighted by Crippen LogP contribution is 2.36. The molecule has 0 amide bonds. The Bertz CT molecular complexity index is 461. The van der Waals surface area contributed by atoms with Gasteiger partial charge in [0.05, 0.1) is 11.2 Å². The Balaban J connectivity index is 2.37. The fourth-order valence-electron chi connectivity index (χ4n) is 2.01. The minimum absolute atomic E-state index is 0.296. The summed E-state index contributed by atoms with van der Waals surface area (Å²) in [5, 5.41) is 0. The van der Waals surface area contributed by atoms with Crippen LogP contribution in [0.3, 0.4) is 0 Å². The molecule has 1 aliphatic rings. The van der Waals surface area contributed by atoms with Gasteiger partial charge in [0.25, 0.3) is 0 Å². The van der Waals surface area contributed by atoms with E-state index < -0.39 is 0 Å². The summed E-state index contributed by atoms with van der Waals surface area (Å²) in [6.07, 6.45) is 1.84. The summed E-state index contributed by atoms with van der Waals surface area (Å²) in [6, 6.07) is 6.22.